The maximum absolute atomic E-state index is 12.4. The lowest BCUT2D eigenvalue weighted by atomic mass is 10.1. The molecule has 1 aromatic carbocycles. The molecule has 1 amide bonds. The van der Waals surface area contributed by atoms with Gasteiger partial charge in [0.25, 0.3) is 5.91 Å². The Balaban J connectivity index is 2.24. The lowest BCUT2D eigenvalue weighted by molar-refractivity contribution is 0.0948. The number of fused-ring (bicyclic) bond motifs is 1. The SMILES string of the molecule is CSc1nc(-c2ccccc2)c2c(N)c(C(=O)NC(C)C)sc2n1. The molecule has 124 valence electrons. The first-order valence-electron chi connectivity index (χ1n) is 7.51. The fourth-order valence-corrected chi connectivity index (χ4v) is 3.82. The average Bonchev–Trinajstić information content (AvgIpc) is 2.91. The van der Waals surface area contributed by atoms with Gasteiger partial charge in [-0.2, -0.15) is 0 Å². The summed E-state index contributed by atoms with van der Waals surface area (Å²) in [5.41, 5.74) is 8.48. The molecule has 0 unspecified atom stereocenters. The zero-order valence-electron chi connectivity index (χ0n) is 13.7. The van der Waals surface area contributed by atoms with Gasteiger partial charge in [-0.15, -0.1) is 11.3 Å². The summed E-state index contributed by atoms with van der Waals surface area (Å²) in [6.45, 7) is 3.84. The van der Waals surface area contributed by atoms with Crippen molar-refractivity contribution in [1.82, 2.24) is 15.3 Å². The van der Waals surface area contributed by atoms with E-state index >= 15 is 0 Å². The fourth-order valence-electron chi connectivity index (χ4n) is 2.39. The molecule has 3 rings (SSSR count). The van der Waals surface area contributed by atoms with Crippen LogP contribution in [0, 0.1) is 0 Å². The van der Waals surface area contributed by atoms with Crippen molar-refractivity contribution in [2.45, 2.75) is 25.0 Å². The number of thiophene rings is 1. The number of rotatable bonds is 4. The van der Waals surface area contributed by atoms with E-state index in [0.717, 1.165) is 21.5 Å². The molecule has 2 heterocycles. The van der Waals surface area contributed by atoms with E-state index in [1.807, 2.05) is 50.4 Å². The van der Waals surface area contributed by atoms with Crippen LogP contribution in [0.5, 0.6) is 0 Å². The Kier molecular flexibility index (Phi) is 4.73. The lowest BCUT2D eigenvalue weighted by Gasteiger charge is -2.07. The first kappa shape index (κ1) is 16.7. The van der Waals surface area contributed by atoms with Crippen LogP contribution in [0.25, 0.3) is 21.5 Å². The van der Waals surface area contributed by atoms with Gasteiger partial charge in [-0.3, -0.25) is 4.79 Å². The van der Waals surface area contributed by atoms with Gasteiger partial charge in [0.2, 0.25) is 0 Å². The van der Waals surface area contributed by atoms with Crippen molar-refractivity contribution in [3.63, 3.8) is 0 Å². The summed E-state index contributed by atoms with van der Waals surface area (Å²) in [5.74, 6) is -0.171. The van der Waals surface area contributed by atoms with E-state index in [-0.39, 0.29) is 11.9 Å². The second kappa shape index (κ2) is 6.78. The van der Waals surface area contributed by atoms with E-state index in [1.165, 1.54) is 23.1 Å². The minimum Gasteiger partial charge on any atom is -0.397 e. The van der Waals surface area contributed by atoms with Gasteiger partial charge >= 0.3 is 0 Å². The molecule has 0 aliphatic rings. The minimum absolute atomic E-state index is 0.0450. The van der Waals surface area contributed by atoms with Crippen LogP contribution in [0.2, 0.25) is 0 Å². The van der Waals surface area contributed by atoms with Gasteiger partial charge in [0.1, 0.15) is 9.71 Å². The smallest absolute Gasteiger partial charge is 0.263 e. The highest BCUT2D eigenvalue weighted by Gasteiger charge is 2.22. The molecule has 5 nitrogen and oxygen atoms in total. The first-order chi connectivity index (χ1) is 11.5. The van der Waals surface area contributed by atoms with E-state index in [1.54, 1.807) is 0 Å². The molecule has 0 atom stereocenters. The van der Waals surface area contributed by atoms with Crippen molar-refractivity contribution in [2.75, 3.05) is 12.0 Å². The van der Waals surface area contributed by atoms with Gasteiger partial charge in [0.15, 0.2) is 5.16 Å². The van der Waals surface area contributed by atoms with Gasteiger partial charge in [0.05, 0.1) is 16.8 Å². The second-order valence-electron chi connectivity index (χ2n) is 5.58. The molecule has 0 saturated heterocycles. The number of anilines is 1. The topological polar surface area (TPSA) is 80.9 Å². The van der Waals surface area contributed by atoms with E-state index in [2.05, 4.69) is 15.3 Å². The summed E-state index contributed by atoms with van der Waals surface area (Å²) in [4.78, 5) is 22.8. The molecule has 0 bridgehead atoms. The summed E-state index contributed by atoms with van der Waals surface area (Å²) in [6.07, 6.45) is 1.93. The maximum atomic E-state index is 12.4. The van der Waals surface area contributed by atoms with Crippen LogP contribution >= 0.6 is 23.1 Å². The summed E-state index contributed by atoms with van der Waals surface area (Å²) in [7, 11) is 0. The van der Waals surface area contributed by atoms with Gasteiger partial charge in [-0.25, -0.2) is 9.97 Å². The number of aromatic nitrogens is 2. The normalized spacial score (nSPS) is 11.2. The fraction of sp³-hybridized carbons (Fsp3) is 0.235. The third-order valence-electron chi connectivity index (χ3n) is 3.42. The van der Waals surface area contributed by atoms with E-state index < -0.39 is 0 Å². The number of nitrogen functional groups attached to an aromatic ring is 1. The standard InChI is InChI=1S/C17H18N4OS2/c1-9(2)19-15(22)14-12(18)11-13(10-7-5-4-6-8-10)20-17(23-3)21-16(11)24-14/h4-9H,18H2,1-3H3,(H,19,22). The molecular formula is C17H18N4OS2. The van der Waals surface area contributed by atoms with E-state index in [0.29, 0.717) is 15.7 Å². The van der Waals surface area contributed by atoms with Gasteiger partial charge in [0, 0.05) is 11.6 Å². The van der Waals surface area contributed by atoms with Crippen molar-refractivity contribution >= 4 is 44.9 Å². The van der Waals surface area contributed by atoms with Crippen molar-refractivity contribution in [2.24, 2.45) is 0 Å². The molecule has 0 aliphatic heterocycles. The van der Waals surface area contributed by atoms with Crippen LogP contribution in [0.3, 0.4) is 0 Å². The zero-order chi connectivity index (χ0) is 17.3. The predicted molar refractivity (Wildman–Crippen MR) is 102 cm³/mol. The Morgan fingerprint density at radius 2 is 1.96 bits per heavy atom. The molecule has 3 aromatic rings. The Bertz CT molecular complexity index is 890. The van der Waals surface area contributed by atoms with Crippen molar-refractivity contribution in [3.8, 4) is 11.3 Å². The second-order valence-corrected chi connectivity index (χ2v) is 7.35. The van der Waals surface area contributed by atoms with E-state index in [9.17, 15) is 4.79 Å². The van der Waals surface area contributed by atoms with Crippen LogP contribution in [-0.2, 0) is 0 Å². The molecule has 0 spiro atoms. The zero-order valence-corrected chi connectivity index (χ0v) is 15.3. The largest absolute Gasteiger partial charge is 0.397 e. The lowest BCUT2D eigenvalue weighted by Crippen LogP contribution is -2.29. The maximum Gasteiger partial charge on any atom is 0.263 e. The number of thioether (sulfide) groups is 1. The molecule has 7 heteroatoms. The van der Waals surface area contributed by atoms with Crippen LogP contribution in [0.4, 0.5) is 5.69 Å². The Morgan fingerprint density at radius 3 is 2.58 bits per heavy atom. The van der Waals surface area contributed by atoms with Crippen LogP contribution < -0.4 is 11.1 Å². The Labute approximate surface area is 148 Å². The number of hydrogen-bond donors (Lipinski definition) is 2. The van der Waals surface area contributed by atoms with Crippen molar-refractivity contribution < 1.29 is 4.79 Å². The number of nitrogens with one attached hydrogen (secondary N) is 1. The van der Waals surface area contributed by atoms with Crippen LogP contribution in [-0.4, -0.2) is 28.2 Å². The van der Waals surface area contributed by atoms with Gasteiger partial charge in [-0.1, -0.05) is 42.1 Å². The third kappa shape index (κ3) is 3.09. The first-order valence-corrected chi connectivity index (χ1v) is 9.55. The van der Waals surface area contributed by atoms with Crippen LogP contribution in [0.15, 0.2) is 35.5 Å². The molecule has 24 heavy (non-hydrogen) atoms. The predicted octanol–water partition coefficient (Wildman–Crippen LogP) is 3.80. The molecule has 0 saturated carbocycles. The van der Waals surface area contributed by atoms with Crippen molar-refractivity contribution in [1.29, 1.82) is 0 Å². The molecule has 0 radical (unpaired) electrons. The summed E-state index contributed by atoms with van der Waals surface area (Å²) in [6, 6.07) is 9.88. The highest BCUT2D eigenvalue weighted by atomic mass is 32.2. The number of carbonyl (C=O) groups is 1. The third-order valence-corrected chi connectivity index (χ3v) is 5.07. The molecule has 0 fully saturated rings. The van der Waals surface area contributed by atoms with Crippen molar-refractivity contribution in [3.05, 3.63) is 35.2 Å². The van der Waals surface area contributed by atoms with Crippen LogP contribution in [0.1, 0.15) is 23.5 Å². The molecular weight excluding hydrogens is 340 g/mol. The highest BCUT2D eigenvalue weighted by Crippen LogP contribution is 2.39. The monoisotopic (exact) mass is 358 g/mol. The average molecular weight is 358 g/mol. The minimum atomic E-state index is -0.171. The summed E-state index contributed by atoms with van der Waals surface area (Å²) >= 11 is 2.78. The highest BCUT2D eigenvalue weighted by molar-refractivity contribution is 7.98. The molecule has 3 N–H and O–H groups in total. The number of nitrogens with zero attached hydrogens (tertiary/aromatic N) is 2. The molecule has 0 aliphatic carbocycles. The molecule has 2 aromatic heterocycles. The number of benzene rings is 1. The van der Waals surface area contributed by atoms with E-state index in [4.69, 9.17) is 5.73 Å². The Hall–Kier alpha value is -2.12. The number of hydrogen-bond acceptors (Lipinski definition) is 6. The quantitative estimate of drug-likeness (QED) is 0.548. The van der Waals surface area contributed by atoms with Gasteiger partial charge < -0.3 is 11.1 Å². The number of nitrogens with two attached hydrogens (primary N) is 1. The summed E-state index contributed by atoms with van der Waals surface area (Å²) in [5, 5.41) is 4.30. The Morgan fingerprint density at radius 1 is 1.25 bits per heavy atom. The van der Waals surface area contributed by atoms with Gasteiger partial charge in [-0.05, 0) is 20.1 Å². The number of carbonyl (C=O) groups excluding carboxylic acids is 1. The summed E-state index contributed by atoms with van der Waals surface area (Å²) < 4.78 is 0. The number of amides is 1.